The van der Waals surface area contributed by atoms with Gasteiger partial charge in [-0.2, -0.15) is 0 Å². The Morgan fingerprint density at radius 3 is 2.59 bits per heavy atom. The zero-order valence-electron chi connectivity index (χ0n) is 20.8. The van der Waals surface area contributed by atoms with E-state index >= 15 is 0 Å². The predicted octanol–water partition coefficient (Wildman–Crippen LogP) is 5.15. The Hall–Kier alpha value is -1.56. The van der Waals surface area contributed by atoms with E-state index < -0.39 is 5.40 Å². The van der Waals surface area contributed by atoms with Crippen LogP contribution in [-0.4, -0.2) is 47.2 Å². The lowest BCUT2D eigenvalue weighted by Crippen LogP contribution is -2.36. The van der Waals surface area contributed by atoms with Crippen LogP contribution in [0, 0.1) is 11.3 Å². The van der Waals surface area contributed by atoms with Gasteiger partial charge in [-0.05, 0) is 83.9 Å². The first-order valence-electron chi connectivity index (χ1n) is 12.3. The van der Waals surface area contributed by atoms with Crippen LogP contribution in [0.5, 0.6) is 5.75 Å². The molecule has 4 radical (unpaired) electrons. The van der Waals surface area contributed by atoms with Gasteiger partial charge in [-0.1, -0.05) is 39.8 Å². The molecule has 4 nitrogen and oxygen atoms in total. The largest absolute Gasteiger partial charge is 0.493 e. The highest BCUT2D eigenvalue weighted by Gasteiger charge is 2.32. The molecule has 1 fully saturated rings. The summed E-state index contributed by atoms with van der Waals surface area (Å²) in [5.74, 6) is 1.46. The van der Waals surface area contributed by atoms with E-state index in [1.54, 1.807) is 11.9 Å². The first kappa shape index (κ1) is 25.5. The highest BCUT2D eigenvalue weighted by atomic mass is 32.2. The minimum Gasteiger partial charge on any atom is -0.493 e. The molecular formula is C27H35B2NO3S. The lowest BCUT2D eigenvalue weighted by atomic mass is 9.61. The summed E-state index contributed by atoms with van der Waals surface area (Å²) in [5, 5.41) is 8.51. The third-order valence-corrected chi connectivity index (χ3v) is 7.70. The normalized spacial score (nSPS) is 18.7. The lowest BCUT2D eigenvalue weighted by molar-refractivity contribution is 0.0492. The third-order valence-electron chi connectivity index (χ3n) is 6.69. The number of aliphatic hydroxyl groups is 1. The van der Waals surface area contributed by atoms with E-state index in [1.165, 1.54) is 16.8 Å². The van der Waals surface area contributed by atoms with Crippen molar-refractivity contribution in [3.63, 3.8) is 0 Å². The van der Waals surface area contributed by atoms with Crippen LogP contribution in [0.1, 0.15) is 63.1 Å². The molecule has 1 N–H and O–H groups in total. The first-order chi connectivity index (χ1) is 16.0. The number of nitrogens with zero attached hydrogens (tertiary/aromatic N) is 1. The smallest absolute Gasteiger partial charge is 0.123 e. The van der Waals surface area contributed by atoms with Crippen molar-refractivity contribution in [2.24, 2.45) is 11.3 Å². The van der Waals surface area contributed by atoms with E-state index in [0.717, 1.165) is 43.9 Å². The summed E-state index contributed by atoms with van der Waals surface area (Å²) in [7, 11) is 11.9. The Labute approximate surface area is 211 Å². The maximum absolute atomic E-state index is 10.5. The maximum atomic E-state index is 10.5. The summed E-state index contributed by atoms with van der Waals surface area (Å²) in [6.07, 6.45) is 3.00. The standard InChI is InChI=1S/C27H35B2NO3S/c1-18(2)20-5-7-24-21(13-20)15-26(3,4)17-30(24)34-22-6-8-25(23(14-22)27(28,29)31)33-16-19-9-11-32-12-10-19/h5-8,13-14,18-19,31H,9-12,15-17H2,1-4H3. The lowest BCUT2D eigenvalue weighted by Gasteiger charge is -2.40. The molecule has 4 rings (SSSR count). The van der Waals surface area contributed by atoms with E-state index in [-0.39, 0.29) is 5.41 Å². The van der Waals surface area contributed by atoms with Crippen molar-refractivity contribution in [1.29, 1.82) is 0 Å². The quantitative estimate of drug-likeness (QED) is 0.443. The number of benzene rings is 2. The molecule has 34 heavy (non-hydrogen) atoms. The van der Waals surface area contributed by atoms with E-state index in [2.05, 4.69) is 50.2 Å². The minimum atomic E-state index is -1.98. The molecule has 0 bridgehead atoms. The monoisotopic (exact) mass is 475 g/mol. The van der Waals surface area contributed by atoms with Gasteiger partial charge in [0, 0.05) is 35.6 Å². The van der Waals surface area contributed by atoms with Crippen molar-refractivity contribution in [1.82, 2.24) is 0 Å². The second kappa shape index (κ2) is 10.2. The number of hydrogen-bond donors (Lipinski definition) is 1. The van der Waals surface area contributed by atoms with Gasteiger partial charge in [0.05, 0.1) is 12.3 Å². The molecule has 0 aromatic heterocycles. The van der Waals surface area contributed by atoms with Crippen LogP contribution in [0.25, 0.3) is 0 Å². The second-order valence-corrected chi connectivity index (χ2v) is 12.0. The maximum Gasteiger partial charge on any atom is 0.123 e. The molecule has 2 aliphatic heterocycles. The van der Waals surface area contributed by atoms with Crippen LogP contribution in [0.3, 0.4) is 0 Å². The number of rotatable bonds is 7. The summed E-state index contributed by atoms with van der Waals surface area (Å²) in [4.78, 5) is 0.958. The van der Waals surface area contributed by atoms with Crippen molar-refractivity contribution < 1.29 is 14.6 Å². The molecule has 7 heteroatoms. The zero-order valence-corrected chi connectivity index (χ0v) is 21.7. The van der Waals surface area contributed by atoms with Crippen molar-refractivity contribution in [3.05, 3.63) is 53.1 Å². The van der Waals surface area contributed by atoms with Gasteiger partial charge in [0.1, 0.15) is 21.4 Å². The Balaban J connectivity index is 1.57. The number of ether oxygens (including phenoxy) is 2. The summed E-state index contributed by atoms with van der Waals surface area (Å²) < 4.78 is 13.9. The van der Waals surface area contributed by atoms with Crippen LogP contribution in [0.15, 0.2) is 41.3 Å². The van der Waals surface area contributed by atoms with E-state index in [0.29, 0.717) is 29.8 Å². The van der Waals surface area contributed by atoms with Gasteiger partial charge >= 0.3 is 0 Å². The van der Waals surface area contributed by atoms with Crippen molar-refractivity contribution in [2.75, 3.05) is 30.7 Å². The minimum absolute atomic E-state index is 0.146. The molecule has 1 saturated heterocycles. The first-order valence-corrected chi connectivity index (χ1v) is 13.0. The second-order valence-electron chi connectivity index (χ2n) is 10.9. The Bertz CT molecular complexity index is 1000. The molecule has 2 heterocycles. The summed E-state index contributed by atoms with van der Waals surface area (Å²) >= 11 is 1.65. The van der Waals surface area contributed by atoms with Gasteiger partial charge in [0.15, 0.2) is 0 Å². The van der Waals surface area contributed by atoms with Crippen LogP contribution < -0.4 is 9.04 Å². The van der Waals surface area contributed by atoms with Gasteiger partial charge in [0.25, 0.3) is 0 Å². The number of hydrogen-bond acceptors (Lipinski definition) is 5. The highest BCUT2D eigenvalue weighted by Crippen LogP contribution is 2.43. The van der Waals surface area contributed by atoms with Gasteiger partial charge in [0.2, 0.25) is 0 Å². The van der Waals surface area contributed by atoms with E-state index in [4.69, 9.17) is 25.2 Å². The molecule has 0 saturated carbocycles. The molecule has 2 aliphatic rings. The molecule has 0 aliphatic carbocycles. The average Bonchev–Trinajstić information content (AvgIpc) is 2.77. The van der Waals surface area contributed by atoms with Crippen molar-refractivity contribution in [2.45, 2.75) is 63.2 Å². The van der Waals surface area contributed by atoms with Crippen molar-refractivity contribution in [3.8, 4) is 5.75 Å². The van der Waals surface area contributed by atoms with Crippen LogP contribution in [-0.2, 0) is 16.6 Å². The molecule has 2 aromatic carbocycles. The Morgan fingerprint density at radius 2 is 1.91 bits per heavy atom. The fourth-order valence-corrected chi connectivity index (χ4v) is 5.97. The zero-order chi connectivity index (χ0) is 24.5. The fourth-order valence-electron chi connectivity index (χ4n) is 4.73. The van der Waals surface area contributed by atoms with Gasteiger partial charge in [-0.25, -0.2) is 0 Å². The molecule has 0 atom stereocenters. The van der Waals surface area contributed by atoms with Gasteiger partial charge in [-0.15, -0.1) is 0 Å². The van der Waals surface area contributed by atoms with E-state index in [1.807, 2.05) is 18.2 Å². The SMILES string of the molecule is [B]C([B])(O)c1cc(SN2CC(C)(C)Cc3cc(C(C)C)ccc32)ccc1OCC1CCOCC1. The highest BCUT2D eigenvalue weighted by molar-refractivity contribution is 8.00. The summed E-state index contributed by atoms with van der Waals surface area (Å²) in [6, 6.07) is 12.6. The average molecular weight is 475 g/mol. The fraction of sp³-hybridized carbons (Fsp3) is 0.556. The predicted molar refractivity (Wildman–Crippen MR) is 142 cm³/mol. The van der Waals surface area contributed by atoms with Crippen LogP contribution in [0.4, 0.5) is 5.69 Å². The summed E-state index contributed by atoms with van der Waals surface area (Å²) in [5.41, 5.74) is 4.53. The van der Waals surface area contributed by atoms with Gasteiger partial charge in [-0.3, -0.25) is 0 Å². The van der Waals surface area contributed by atoms with Crippen molar-refractivity contribution >= 4 is 33.3 Å². The molecule has 178 valence electrons. The molecule has 2 aromatic rings. The van der Waals surface area contributed by atoms with Gasteiger partial charge < -0.3 is 18.9 Å². The molecule has 0 amide bonds. The van der Waals surface area contributed by atoms with Crippen LogP contribution >= 0.6 is 11.9 Å². The summed E-state index contributed by atoms with van der Waals surface area (Å²) in [6.45, 7) is 12.1. The number of anilines is 1. The van der Waals surface area contributed by atoms with E-state index in [9.17, 15) is 5.11 Å². The third kappa shape index (κ3) is 6.16. The molecule has 0 unspecified atom stereocenters. The Kier molecular flexibility index (Phi) is 7.66. The van der Waals surface area contributed by atoms with Crippen LogP contribution in [0.2, 0.25) is 0 Å². The number of fused-ring (bicyclic) bond motifs is 1. The molecule has 0 spiro atoms. The topological polar surface area (TPSA) is 41.9 Å². The molecular weight excluding hydrogens is 440 g/mol. The Morgan fingerprint density at radius 1 is 1.18 bits per heavy atom.